The minimum atomic E-state index is -0.892. The molecule has 0 saturated carbocycles. The third-order valence-electron chi connectivity index (χ3n) is 2.98. The number of aliphatic hydroxyl groups is 1. The molecule has 1 rings (SSSR count). The minimum Gasteiger partial charge on any atom is -0.494 e. The highest BCUT2D eigenvalue weighted by molar-refractivity contribution is 5.72. The fourth-order valence-electron chi connectivity index (χ4n) is 1.70. The summed E-state index contributed by atoms with van der Waals surface area (Å²) in [7, 11) is 0. The largest absolute Gasteiger partial charge is 0.494 e. The van der Waals surface area contributed by atoms with Gasteiger partial charge in [-0.3, -0.25) is 4.79 Å². The number of nitrogens with one attached hydrogen (secondary N) is 1. The molecule has 0 bridgehead atoms. The standard InChI is InChI=1S/C15H23NO4/c1-3-10-20-13-6-4-12(5-7-13)14(17)8-9-16-11(2)15(18)19/h4-7,11,14,16-17H,3,8-10H2,1-2H3,(H,18,19). The summed E-state index contributed by atoms with van der Waals surface area (Å²) in [4.78, 5) is 10.6. The van der Waals surface area contributed by atoms with Gasteiger partial charge in [-0.15, -0.1) is 0 Å². The average molecular weight is 281 g/mol. The number of hydrogen-bond donors (Lipinski definition) is 3. The van der Waals surface area contributed by atoms with Crippen molar-refractivity contribution >= 4 is 5.97 Å². The van der Waals surface area contributed by atoms with Gasteiger partial charge < -0.3 is 20.3 Å². The molecule has 2 atom stereocenters. The number of aliphatic hydroxyl groups excluding tert-OH is 1. The Morgan fingerprint density at radius 1 is 1.35 bits per heavy atom. The summed E-state index contributed by atoms with van der Waals surface area (Å²) in [6.07, 6.45) is 0.814. The Hall–Kier alpha value is -1.59. The number of ether oxygens (including phenoxy) is 1. The summed E-state index contributed by atoms with van der Waals surface area (Å²) in [6.45, 7) is 4.75. The van der Waals surface area contributed by atoms with Crippen molar-refractivity contribution in [3.8, 4) is 5.75 Å². The second-order valence-electron chi connectivity index (χ2n) is 4.74. The number of hydrogen-bond acceptors (Lipinski definition) is 4. The molecule has 0 aromatic heterocycles. The van der Waals surface area contributed by atoms with Crippen molar-refractivity contribution in [2.24, 2.45) is 0 Å². The van der Waals surface area contributed by atoms with Gasteiger partial charge in [-0.2, -0.15) is 0 Å². The zero-order chi connectivity index (χ0) is 15.0. The van der Waals surface area contributed by atoms with E-state index < -0.39 is 18.1 Å². The SMILES string of the molecule is CCCOc1ccc(C(O)CCNC(C)C(=O)O)cc1. The highest BCUT2D eigenvalue weighted by Crippen LogP contribution is 2.20. The van der Waals surface area contributed by atoms with Gasteiger partial charge in [-0.05, 0) is 44.0 Å². The molecule has 20 heavy (non-hydrogen) atoms. The smallest absolute Gasteiger partial charge is 0.320 e. The van der Waals surface area contributed by atoms with E-state index in [2.05, 4.69) is 5.32 Å². The van der Waals surface area contributed by atoms with Crippen molar-refractivity contribution in [3.63, 3.8) is 0 Å². The topological polar surface area (TPSA) is 78.8 Å². The fourth-order valence-corrected chi connectivity index (χ4v) is 1.70. The first-order valence-corrected chi connectivity index (χ1v) is 6.91. The van der Waals surface area contributed by atoms with Crippen LogP contribution in [-0.2, 0) is 4.79 Å². The maximum Gasteiger partial charge on any atom is 0.320 e. The molecule has 0 amide bonds. The van der Waals surface area contributed by atoms with Gasteiger partial charge in [0.1, 0.15) is 11.8 Å². The number of carboxylic acid groups (broad SMARTS) is 1. The van der Waals surface area contributed by atoms with Crippen LogP contribution in [0.1, 0.15) is 38.4 Å². The van der Waals surface area contributed by atoms with Gasteiger partial charge >= 0.3 is 5.97 Å². The predicted molar refractivity (Wildman–Crippen MR) is 76.9 cm³/mol. The highest BCUT2D eigenvalue weighted by Gasteiger charge is 2.12. The van der Waals surface area contributed by atoms with Crippen molar-refractivity contribution < 1.29 is 19.7 Å². The summed E-state index contributed by atoms with van der Waals surface area (Å²) < 4.78 is 5.47. The molecule has 112 valence electrons. The van der Waals surface area contributed by atoms with Gasteiger partial charge in [-0.1, -0.05) is 19.1 Å². The van der Waals surface area contributed by atoms with E-state index in [1.807, 2.05) is 31.2 Å². The molecule has 0 fully saturated rings. The van der Waals surface area contributed by atoms with Gasteiger partial charge in [-0.25, -0.2) is 0 Å². The molecule has 2 unspecified atom stereocenters. The Labute approximate surface area is 119 Å². The molecule has 3 N–H and O–H groups in total. The Balaban J connectivity index is 2.39. The van der Waals surface area contributed by atoms with E-state index in [4.69, 9.17) is 9.84 Å². The zero-order valence-electron chi connectivity index (χ0n) is 12.0. The van der Waals surface area contributed by atoms with E-state index >= 15 is 0 Å². The van der Waals surface area contributed by atoms with Crippen LogP contribution in [0.4, 0.5) is 0 Å². The Morgan fingerprint density at radius 2 is 2.00 bits per heavy atom. The molecule has 5 heteroatoms. The van der Waals surface area contributed by atoms with E-state index in [0.29, 0.717) is 19.6 Å². The first-order chi connectivity index (χ1) is 9.54. The van der Waals surface area contributed by atoms with Crippen molar-refractivity contribution in [1.29, 1.82) is 0 Å². The first kappa shape index (κ1) is 16.5. The van der Waals surface area contributed by atoms with Crippen molar-refractivity contribution in [3.05, 3.63) is 29.8 Å². The van der Waals surface area contributed by atoms with Crippen LogP contribution >= 0.6 is 0 Å². The van der Waals surface area contributed by atoms with Gasteiger partial charge in [0, 0.05) is 0 Å². The van der Waals surface area contributed by atoms with Crippen LogP contribution in [0, 0.1) is 0 Å². The Bertz CT molecular complexity index is 405. The van der Waals surface area contributed by atoms with Gasteiger partial charge in [0.05, 0.1) is 12.7 Å². The molecular formula is C15H23NO4. The second-order valence-corrected chi connectivity index (χ2v) is 4.74. The summed E-state index contributed by atoms with van der Waals surface area (Å²) in [5.74, 6) is -0.0997. The van der Waals surface area contributed by atoms with E-state index in [0.717, 1.165) is 17.7 Å². The zero-order valence-corrected chi connectivity index (χ0v) is 12.0. The lowest BCUT2D eigenvalue weighted by molar-refractivity contribution is -0.139. The fraction of sp³-hybridized carbons (Fsp3) is 0.533. The molecule has 0 aliphatic rings. The lowest BCUT2D eigenvalue weighted by atomic mass is 10.1. The molecule has 0 heterocycles. The van der Waals surface area contributed by atoms with E-state index in [-0.39, 0.29) is 0 Å². The summed E-state index contributed by atoms with van der Waals surface area (Å²) in [5, 5.41) is 21.6. The van der Waals surface area contributed by atoms with Crippen LogP contribution in [0.5, 0.6) is 5.75 Å². The highest BCUT2D eigenvalue weighted by atomic mass is 16.5. The van der Waals surface area contributed by atoms with E-state index in [9.17, 15) is 9.90 Å². The van der Waals surface area contributed by atoms with Gasteiger partial charge in [0.25, 0.3) is 0 Å². The normalized spacial score (nSPS) is 13.8. The predicted octanol–water partition coefficient (Wildman–Crippen LogP) is 1.96. The lowest BCUT2D eigenvalue weighted by Gasteiger charge is -2.14. The summed E-state index contributed by atoms with van der Waals surface area (Å²) >= 11 is 0. The maximum absolute atomic E-state index is 10.6. The number of aliphatic carboxylic acids is 1. The third kappa shape index (κ3) is 5.59. The van der Waals surface area contributed by atoms with Crippen molar-refractivity contribution in [2.75, 3.05) is 13.2 Å². The van der Waals surface area contributed by atoms with Crippen LogP contribution in [0.15, 0.2) is 24.3 Å². The molecular weight excluding hydrogens is 258 g/mol. The lowest BCUT2D eigenvalue weighted by Crippen LogP contribution is -2.34. The number of carboxylic acids is 1. The first-order valence-electron chi connectivity index (χ1n) is 6.91. The molecule has 0 aliphatic heterocycles. The quantitative estimate of drug-likeness (QED) is 0.645. The maximum atomic E-state index is 10.6. The molecule has 0 radical (unpaired) electrons. The van der Waals surface area contributed by atoms with Gasteiger partial charge in [0.2, 0.25) is 0 Å². The Morgan fingerprint density at radius 3 is 2.55 bits per heavy atom. The molecule has 1 aromatic rings. The van der Waals surface area contributed by atoms with Crippen LogP contribution in [0.3, 0.4) is 0 Å². The minimum absolute atomic E-state index is 0.447. The second kappa shape index (κ2) is 8.55. The number of benzene rings is 1. The van der Waals surface area contributed by atoms with Crippen LogP contribution in [-0.4, -0.2) is 35.4 Å². The van der Waals surface area contributed by atoms with Crippen LogP contribution in [0.2, 0.25) is 0 Å². The molecule has 0 spiro atoms. The van der Waals surface area contributed by atoms with Crippen molar-refractivity contribution in [1.82, 2.24) is 5.32 Å². The molecule has 1 aromatic carbocycles. The monoisotopic (exact) mass is 281 g/mol. The van der Waals surface area contributed by atoms with Crippen molar-refractivity contribution in [2.45, 2.75) is 38.8 Å². The third-order valence-corrected chi connectivity index (χ3v) is 2.98. The van der Waals surface area contributed by atoms with Crippen LogP contribution < -0.4 is 10.1 Å². The molecule has 0 saturated heterocycles. The summed E-state index contributed by atoms with van der Waals surface area (Å²) in [6, 6.07) is 6.72. The molecule has 0 aliphatic carbocycles. The van der Waals surface area contributed by atoms with Crippen LogP contribution in [0.25, 0.3) is 0 Å². The average Bonchev–Trinajstić information content (AvgIpc) is 2.45. The number of carbonyl (C=O) groups is 1. The van der Waals surface area contributed by atoms with E-state index in [1.165, 1.54) is 0 Å². The van der Waals surface area contributed by atoms with E-state index in [1.54, 1.807) is 6.92 Å². The molecule has 5 nitrogen and oxygen atoms in total. The summed E-state index contributed by atoms with van der Waals surface area (Å²) in [5.41, 5.74) is 0.804. The number of rotatable bonds is 9. The van der Waals surface area contributed by atoms with Gasteiger partial charge in [0.15, 0.2) is 0 Å². The Kier molecular flexibility index (Phi) is 7.04.